The van der Waals surface area contributed by atoms with Gasteiger partial charge in [0, 0.05) is 18.6 Å². The van der Waals surface area contributed by atoms with E-state index in [1.165, 1.54) is 12.2 Å². The van der Waals surface area contributed by atoms with Crippen LogP contribution in [0.4, 0.5) is 0 Å². The topological polar surface area (TPSA) is 45.7 Å². The zero-order valence-electron chi connectivity index (χ0n) is 13.6. The van der Waals surface area contributed by atoms with Crippen molar-refractivity contribution in [2.24, 2.45) is 4.99 Å². The minimum atomic E-state index is 0.0382. The molecule has 2 N–H and O–H groups in total. The van der Waals surface area contributed by atoms with Crippen molar-refractivity contribution in [3.63, 3.8) is 0 Å². The largest absolute Gasteiger partial charge is 0.489 e. The summed E-state index contributed by atoms with van der Waals surface area (Å²) in [6.07, 6.45) is 4.55. The van der Waals surface area contributed by atoms with Crippen molar-refractivity contribution < 1.29 is 4.74 Å². The lowest BCUT2D eigenvalue weighted by Crippen LogP contribution is -2.42. The summed E-state index contributed by atoms with van der Waals surface area (Å²) in [5.41, 5.74) is 0. The summed E-state index contributed by atoms with van der Waals surface area (Å²) in [6, 6.07) is 7.40. The van der Waals surface area contributed by atoms with E-state index in [1.54, 1.807) is 7.05 Å². The van der Waals surface area contributed by atoms with Crippen LogP contribution in [-0.2, 0) is 0 Å². The maximum atomic E-state index is 5.86. The highest BCUT2D eigenvalue weighted by atomic mass is 35.5. The van der Waals surface area contributed by atoms with Gasteiger partial charge in [0.1, 0.15) is 11.9 Å². The van der Waals surface area contributed by atoms with Gasteiger partial charge in [0.15, 0.2) is 5.96 Å². The third kappa shape index (κ3) is 8.39. The molecule has 1 aromatic carbocycles. The van der Waals surface area contributed by atoms with E-state index in [1.807, 2.05) is 43.0 Å². The quantitative estimate of drug-likeness (QED) is 0.410. The summed E-state index contributed by atoms with van der Waals surface area (Å²) in [4.78, 5) is 4.21. The van der Waals surface area contributed by atoms with E-state index in [2.05, 4.69) is 21.9 Å². The first-order valence-corrected chi connectivity index (χ1v) is 9.28. The van der Waals surface area contributed by atoms with Crippen LogP contribution < -0.4 is 15.4 Å². The van der Waals surface area contributed by atoms with Crippen molar-refractivity contribution >= 4 is 29.3 Å². The number of nitrogens with zero attached hydrogens (tertiary/aromatic N) is 1. The number of nitrogens with one attached hydrogen (secondary N) is 2. The average Bonchev–Trinajstić information content (AvgIpc) is 2.52. The lowest BCUT2D eigenvalue weighted by atomic mass is 10.3. The second kappa shape index (κ2) is 11.5. The molecule has 0 aliphatic carbocycles. The first-order chi connectivity index (χ1) is 10.7. The third-order valence-corrected chi connectivity index (χ3v) is 3.95. The predicted octanol–water partition coefficient (Wildman–Crippen LogP) is 3.42. The van der Waals surface area contributed by atoms with E-state index in [4.69, 9.17) is 16.3 Å². The van der Waals surface area contributed by atoms with Gasteiger partial charge in [-0.2, -0.15) is 11.8 Å². The Morgan fingerprint density at radius 1 is 1.27 bits per heavy atom. The van der Waals surface area contributed by atoms with Gasteiger partial charge < -0.3 is 15.4 Å². The Hall–Kier alpha value is -1.07. The van der Waals surface area contributed by atoms with Crippen LogP contribution in [0.5, 0.6) is 5.75 Å². The van der Waals surface area contributed by atoms with E-state index >= 15 is 0 Å². The maximum absolute atomic E-state index is 5.86. The Bertz CT molecular complexity index is 440. The number of rotatable bonds is 9. The second-order valence-electron chi connectivity index (χ2n) is 4.96. The van der Waals surface area contributed by atoms with Crippen molar-refractivity contribution in [3.05, 3.63) is 29.3 Å². The summed E-state index contributed by atoms with van der Waals surface area (Å²) < 4.78 is 5.82. The summed E-state index contributed by atoms with van der Waals surface area (Å²) >= 11 is 7.74. The molecular formula is C16H26ClN3OS. The van der Waals surface area contributed by atoms with Gasteiger partial charge in [-0.1, -0.05) is 11.6 Å². The highest BCUT2D eigenvalue weighted by Gasteiger charge is 2.05. The van der Waals surface area contributed by atoms with Crippen molar-refractivity contribution in [1.29, 1.82) is 0 Å². The summed E-state index contributed by atoms with van der Waals surface area (Å²) in [7, 11) is 1.78. The molecule has 1 unspecified atom stereocenters. The number of halogens is 1. The molecule has 1 atom stereocenters. The highest BCUT2D eigenvalue weighted by molar-refractivity contribution is 7.98. The van der Waals surface area contributed by atoms with Gasteiger partial charge in [-0.3, -0.25) is 4.99 Å². The van der Waals surface area contributed by atoms with Crippen molar-refractivity contribution in [2.75, 3.05) is 32.1 Å². The average molecular weight is 344 g/mol. The van der Waals surface area contributed by atoms with E-state index in [0.29, 0.717) is 11.6 Å². The molecule has 124 valence electrons. The SMILES string of the molecule is CN=C(NCCCCSC)NCC(C)Oc1ccc(Cl)cc1. The van der Waals surface area contributed by atoms with Gasteiger partial charge in [0.2, 0.25) is 0 Å². The monoisotopic (exact) mass is 343 g/mol. The Kier molecular flexibility index (Phi) is 9.91. The Balaban J connectivity index is 2.23. The number of benzene rings is 1. The molecule has 1 aromatic rings. The first kappa shape index (κ1) is 19.0. The summed E-state index contributed by atoms with van der Waals surface area (Å²) in [6.45, 7) is 3.65. The van der Waals surface area contributed by atoms with Crippen LogP contribution in [0.15, 0.2) is 29.3 Å². The molecule has 0 amide bonds. The van der Waals surface area contributed by atoms with E-state index in [9.17, 15) is 0 Å². The van der Waals surface area contributed by atoms with Crippen LogP contribution in [0, 0.1) is 0 Å². The number of ether oxygens (including phenoxy) is 1. The standard InChI is InChI=1S/C16H26ClN3OS/c1-13(21-15-8-6-14(17)7-9-15)12-20-16(18-2)19-10-4-5-11-22-3/h6-9,13H,4-5,10-12H2,1-3H3,(H2,18,19,20). The molecule has 0 spiro atoms. The highest BCUT2D eigenvalue weighted by Crippen LogP contribution is 2.16. The molecule has 0 saturated heterocycles. The normalized spacial score (nSPS) is 12.8. The molecule has 6 heteroatoms. The van der Waals surface area contributed by atoms with Crippen molar-refractivity contribution in [1.82, 2.24) is 10.6 Å². The molecular weight excluding hydrogens is 318 g/mol. The fourth-order valence-electron chi connectivity index (χ4n) is 1.83. The first-order valence-electron chi connectivity index (χ1n) is 7.51. The number of hydrogen-bond acceptors (Lipinski definition) is 3. The van der Waals surface area contributed by atoms with E-state index < -0.39 is 0 Å². The summed E-state index contributed by atoms with van der Waals surface area (Å²) in [5.74, 6) is 2.84. The number of unbranched alkanes of at least 4 members (excludes halogenated alkanes) is 1. The Morgan fingerprint density at radius 2 is 2.00 bits per heavy atom. The number of guanidine groups is 1. The minimum Gasteiger partial charge on any atom is -0.489 e. The Morgan fingerprint density at radius 3 is 2.64 bits per heavy atom. The zero-order valence-corrected chi connectivity index (χ0v) is 15.1. The van der Waals surface area contributed by atoms with Crippen LogP contribution in [0.2, 0.25) is 5.02 Å². The Labute approximate surface area is 143 Å². The molecule has 0 heterocycles. The fraction of sp³-hybridized carbons (Fsp3) is 0.562. The molecule has 4 nitrogen and oxygen atoms in total. The molecule has 0 aliphatic rings. The molecule has 0 saturated carbocycles. The van der Waals surface area contributed by atoms with Gasteiger partial charge in [-0.15, -0.1) is 0 Å². The van der Waals surface area contributed by atoms with Gasteiger partial charge in [0.25, 0.3) is 0 Å². The van der Waals surface area contributed by atoms with Gasteiger partial charge in [0.05, 0.1) is 6.54 Å². The van der Waals surface area contributed by atoms with Crippen LogP contribution in [0.1, 0.15) is 19.8 Å². The van der Waals surface area contributed by atoms with Gasteiger partial charge in [-0.25, -0.2) is 0 Å². The van der Waals surface area contributed by atoms with Crippen LogP contribution in [0.25, 0.3) is 0 Å². The molecule has 0 radical (unpaired) electrons. The molecule has 0 aromatic heterocycles. The van der Waals surface area contributed by atoms with Gasteiger partial charge >= 0.3 is 0 Å². The molecule has 0 fully saturated rings. The molecule has 1 rings (SSSR count). The minimum absolute atomic E-state index is 0.0382. The lowest BCUT2D eigenvalue weighted by Gasteiger charge is -2.17. The van der Waals surface area contributed by atoms with E-state index in [0.717, 1.165) is 24.7 Å². The number of aliphatic imine (C=N–C) groups is 1. The van der Waals surface area contributed by atoms with Crippen molar-refractivity contribution in [3.8, 4) is 5.75 Å². The summed E-state index contributed by atoms with van der Waals surface area (Å²) in [5, 5.41) is 7.30. The predicted molar refractivity (Wildman–Crippen MR) is 98.5 cm³/mol. The van der Waals surface area contributed by atoms with Gasteiger partial charge in [-0.05, 0) is 56.0 Å². The molecule has 0 aliphatic heterocycles. The fourth-order valence-corrected chi connectivity index (χ4v) is 2.45. The third-order valence-electron chi connectivity index (χ3n) is 3.00. The number of thioether (sulfide) groups is 1. The molecule has 0 bridgehead atoms. The second-order valence-corrected chi connectivity index (χ2v) is 6.38. The van der Waals surface area contributed by atoms with Crippen molar-refractivity contribution in [2.45, 2.75) is 25.9 Å². The van der Waals surface area contributed by atoms with Crippen LogP contribution in [-0.4, -0.2) is 44.2 Å². The zero-order chi connectivity index (χ0) is 16.2. The smallest absolute Gasteiger partial charge is 0.191 e. The van der Waals surface area contributed by atoms with Crippen LogP contribution in [0.3, 0.4) is 0 Å². The molecule has 22 heavy (non-hydrogen) atoms. The number of hydrogen-bond donors (Lipinski definition) is 2. The maximum Gasteiger partial charge on any atom is 0.191 e. The van der Waals surface area contributed by atoms with Crippen LogP contribution >= 0.6 is 23.4 Å². The van der Waals surface area contributed by atoms with E-state index in [-0.39, 0.29) is 6.10 Å². The lowest BCUT2D eigenvalue weighted by molar-refractivity contribution is 0.224.